The third-order valence-corrected chi connectivity index (χ3v) is 4.99. The second-order valence-electron chi connectivity index (χ2n) is 6.69. The van der Waals surface area contributed by atoms with E-state index in [9.17, 15) is 4.79 Å². The van der Waals surface area contributed by atoms with Crippen LogP contribution >= 0.6 is 11.6 Å². The molecule has 2 aromatic carbocycles. The number of anilines is 1. The quantitative estimate of drug-likeness (QED) is 0.593. The minimum atomic E-state index is -0.226. The Hall–Kier alpha value is -3.36. The zero-order valence-electron chi connectivity index (χ0n) is 16.3. The van der Waals surface area contributed by atoms with Gasteiger partial charge >= 0.3 is 0 Å². The highest BCUT2D eigenvalue weighted by Gasteiger charge is 2.11. The molecule has 1 amide bonds. The van der Waals surface area contributed by atoms with Gasteiger partial charge in [0, 0.05) is 28.0 Å². The maximum Gasteiger partial charge on any atom is 0.248 e. The number of hydrogen-bond donors (Lipinski definition) is 1. The molecule has 0 spiro atoms. The summed E-state index contributed by atoms with van der Waals surface area (Å²) in [5.41, 5.74) is 5.32. The molecule has 0 aliphatic heterocycles. The van der Waals surface area contributed by atoms with Crippen molar-refractivity contribution in [2.75, 3.05) is 5.32 Å². The summed E-state index contributed by atoms with van der Waals surface area (Å²) >= 11 is 6.26. The van der Waals surface area contributed by atoms with Crippen molar-refractivity contribution in [3.05, 3.63) is 87.7 Å². The van der Waals surface area contributed by atoms with Crippen LogP contribution in [0.4, 0.5) is 5.69 Å². The normalized spacial score (nSPS) is 10.8. The van der Waals surface area contributed by atoms with E-state index in [1.807, 2.05) is 54.9 Å². The highest BCUT2D eigenvalue weighted by atomic mass is 35.5. The summed E-state index contributed by atoms with van der Waals surface area (Å²) in [6.07, 6.45) is 3.63. The van der Waals surface area contributed by atoms with Gasteiger partial charge in [-0.05, 0) is 49.2 Å². The molecule has 0 aliphatic carbocycles. The molecule has 0 bridgehead atoms. The molecule has 0 radical (unpaired) electrons. The first kappa shape index (κ1) is 20.4. The van der Waals surface area contributed by atoms with Gasteiger partial charge in [-0.25, -0.2) is 0 Å². The minimum absolute atomic E-state index is 0.226. The number of carbonyl (C=O) groups is 1. The lowest BCUT2D eigenvalue weighted by molar-refractivity contribution is -0.111. The molecule has 29 heavy (non-hydrogen) atoms. The molecule has 5 nitrogen and oxygen atoms in total. The van der Waals surface area contributed by atoms with E-state index in [1.165, 1.54) is 6.08 Å². The third-order valence-electron chi connectivity index (χ3n) is 4.62. The number of halogens is 1. The predicted molar refractivity (Wildman–Crippen MR) is 116 cm³/mol. The van der Waals surface area contributed by atoms with Crippen molar-refractivity contribution in [1.82, 2.24) is 9.78 Å². The molecular formula is C23H21ClN4O. The molecule has 6 heteroatoms. The number of carbonyl (C=O) groups excluding carboxylic acids is 1. The molecule has 146 valence electrons. The number of hydrogen-bond acceptors (Lipinski definition) is 3. The highest BCUT2D eigenvalue weighted by molar-refractivity contribution is 6.31. The van der Waals surface area contributed by atoms with Crippen molar-refractivity contribution < 1.29 is 4.79 Å². The van der Waals surface area contributed by atoms with E-state index in [4.69, 9.17) is 16.9 Å². The van der Waals surface area contributed by atoms with Crippen LogP contribution in [0.25, 0.3) is 6.08 Å². The van der Waals surface area contributed by atoms with E-state index in [-0.39, 0.29) is 5.91 Å². The van der Waals surface area contributed by atoms with Gasteiger partial charge in [-0.2, -0.15) is 10.4 Å². The number of aryl methyl sites for hydroxylation is 1. The first-order chi connectivity index (χ1) is 14.0. The number of nitrogens with one attached hydrogen (secondary N) is 1. The van der Waals surface area contributed by atoms with Crippen LogP contribution in [0, 0.1) is 25.2 Å². The SMILES string of the molecule is Cc1nn(Cc2ccccc2Cl)c(C)c1/C=C/C(=O)Nc1ccc(CC#N)cc1. The van der Waals surface area contributed by atoms with Crippen molar-refractivity contribution in [2.24, 2.45) is 0 Å². The van der Waals surface area contributed by atoms with Crippen LogP contribution in [0.1, 0.15) is 28.1 Å². The molecule has 1 aromatic heterocycles. The van der Waals surface area contributed by atoms with Gasteiger partial charge in [-0.15, -0.1) is 0 Å². The van der Waals surface area contributed by atoms with E-state index in [1.54, 1.807) is 18.2 Å². The largest absolute Gasteiger partial charge is 0.323 e. The van der Waals surface area contributed by atoms with Crippen LogP contribution in [0.15, 0.2) is 54.6 Å². The van der Waals surface area contributed by atoms with Gasteiger partial charge in [0.05, 0.1) is 24.7 Å². The molecule has 0 saturated carbocycles. The fourth-order valence-corrected chi connectivity index (χ4v) is 3.23. The Morgan fingerprint density at radius 2 is 1.93 bits per heavy atom. The number of aromatic nitrogens is 2. The Labute approximate surface area is 175 Å². The van der Waals surface area contributed by atoms with Gasteiger partial charge in [-0.1, -0.05) is 41.9 Å². The number of amides is 1. The lowest BCUT2D eigenvalue weighted by atomic mass is 10.1. The van der Waals surface area contributed by atoms with Crippen molar-refractivity contribution in [3.8, 4) is 6.07 Å². The van der Waals surface area contributed by atoms with Crippen molar-refractivity contribution in [1.29, 1.82) is 5.26 Å². The summed E-state index contributed by atoms with van der Waals surface area (Å²) in [5.74, 6) is -0.226. The highest BCUT2D eigenvalue weighted by Crippen LogP contribution is 2.20. The van der Waals surface area contributed by atoms with E-state index < -0.39 is 0 Å². The standard InChI is InChI=1S/C23H21ClN4O/c1-16-21(17(2)28(27-16)15-19-5-3-4-6-22(19)24)11-12-23(29)26-20-9-7-18(8-10-20)13-14-25/h3-12H,13,15H2,1-2H3,(H,26,29)/b12-11+. The monoisotopic (exact) mass is 404 g/mol. The molecule has 3 rings (SSSR count). The maximum absolute atomic E-state index is 12.3. The molecule has 0 atom stereocenters. The van der Waals surface area contributed by atoms with Crippen LogP contribution in [0.3, 0.4) is 0 Å². The smallest absolute Gasteiger partial charge is 0.248 e. The Bertz CT molecular complexity index is 1090. The number of benzene rings is 2. The third kappa shape index (κ3) is 5.13. The summed E-state index contributed by atoms with van der Waals surface area (Å²) in [7, 11) is 0. The Morgan fingerprint density at radius 1 is 1.21 bits per heavy atom. The summed E-state index contributed by atoms with van der Waals surface area (Å²) in [6, 6.07) is 17.0. The molecular weight excluding hydrogens is 384 g/mol. The minimum Gasteiger partial charge on any atom is -0.323 e. The van der Waals surface area contributed by atoms with Crippen LogP contribution in [0.2, 0.25) is 5.02 Å². The van der Waals surface area contributed by atoms with Gasteiger partial charge in [0.1, 0.15) is 0 Å². The second kappa shape index (κ2) is 9.22. The fraction of sp³-hybridized carbons (Fsp3) is 0.174. The lowest BCUT2D eigenvalue weighted by Crippen LogP contribution is -2.07. The molecule has 0 fully saturated rings. The Kier molecular flexibility index (Phi) is 6.48. The van der Waals surface area contributed by atoms with E-state index >= 15 is 0 Å². The predicted octanol–water partition coefficient (Wildman–Crippen LogP) is 4.92. The summed E-state index contributed by atoms with van der Waals surface area (Å²) in [6.45, 7) is 4.46. The van der Waals surface area contributed by atoms with Gasteiger partial charge in [0.15, 0.2) is 0 Å². The van der Waals surface area contributed by atoms with Gasteiger partial charge in [-0.3, -0.25) is 9.48 Å². The zero-order chi connectivity index (χ0) is 20.8. The molecule has 1 heterocycles. The van der Waals surface area contributed by atoms with Gasteiger partial charge in [0.2, 0.25) is 5.91 Å². The van der Waals surface area contributed by atoms with Crippen molar-refractivity contribution in [2.45, 2.75) is 26.8 Å². The first-order valence-corrected chi connectivity index (χ1v) is 9.58. The molecule has 0 saturated heterocycles. The molecule has 0 unspecified atom stereocenters. The van der Waals surface area contributed by atoms with Crippen LogP contribution in [-0.4, -0.2) is 15.7 Å². The first-order valence-electron chi connectivity index (χ1n) is 9.20. The lowest BCUT2D eigenvalue weighted by Gasteiger charge is -2.06. The Morgan fingerprint density at radius 3 is 2.62 bits per heavy atom. The summed E-state index contributed by atoms with van der Waals surface area (Å²) < 4.78 is 1.89. The van der Waals surface area contributed by atoms with Crippen LogP contribution < -0.4 is 5.32 Å². The second-order valence-corrected chi connectivity index (χ2v) is 7.10. The van der Waals surface area contributed by atoms with Crippen molar-refractivity contribution >= 4 is 29.3 Å². The van der Waals surface area contributed by atoms with Crippen LogP contribution in [-0.2, 0) is 17.8 Å². The van der Waals surface area contributed by atoms with Crippen LogP contribution in [0.5, 0.6) is 0 Å². The zero-order valence-corrected chi connectivity index (χ0v) is 17.1. The average Bonchev–Trinajstić information content (AvgIpc) is 2.96. The number of nitriles is 1. The van der Waals surface area contributed by atoms with Crippen molar-refractivity contribution in [3.63, 3.8) is 0 Å². The molecule has 1 N–H and O–H groups in total. The van der Waals surface area contributed by atoms with Gasteiger partial charge in [0.25, 0.3) is 0 Å². The summed E-state index contributed by atoms with van der Waals surface area (Å²) in [4.78, 5) is 12.3. The number of rotatable bonds is 6. The van der Waals surface area contributed by atoms with E-state index in [0.717, 1.165) is 28.1 Å². The topological polar surface area (TPSA) is 70.7 Å². The Balaban J connectivity index is 1.70. The molecule has 0 aliphatic rings. The number of nitrogens with zero attached hydrogens (tertiary/aromatic N) is 3. The maximum atomic E-state index is 12.3. The summed E-state index contributed by atoms with van der Waals surface area (Å²) in [5, 5.41) is 16.8. The average molecular weight is 405 g/mol. The fourth-order valence-electron chi connectivity index (χ4n) is 3.03. The van der Waals surface area contributed by atoms with E-state index in [0.29, 0.717) is 23.7 Å². The van der Waals surface area contributed by atoms with E-state index in [2.05, 4.69) is 16.5 Å². The molecule has 3 aromatic rings. The van der Waals surface area contributed by atoms with Gasteiger partial charge < -0.3 is 5.32 Å².